The van der Waals surface area contributed by atoms with Crippen LogP contribution in [0.1, 0.15) is 22.3 Å². The Morgan fingerprint density at radius 3 is 2.81 bits per heavy atom. The van der Waals surface area contributed by atoms with Crippen molar-refractivity contribution in [3.63, 3.8) is 0 Å². The Balaban J connectivity index is 1.40. The van der Waals surface area contributed by atoms with E-state index in [1.165, 1.54) is 30.5 Å². The lowest BCUT2D eigenvalue weighted by Crippen LogP contribution is -2.29. The number of nitrogens with one attached hydrogen (secondary N) is 3. The molecule has 1 fully saturated rings. The molecule has 0 saturated carbocycles. The second kappa shape index (κ2) is 11.7. The SMILES string of the molecule is COCCOC[C@@H]1CCN(C(=O)c2ccc(N/C=C(\N=N)c3cc4cc(F)ccc4[nH]c3=O)cc2)C1. The molecule has 9 nitrogen and oxygen atoms in total. The topological polar surface area (TPSA) is 120 Å². The Morgan fingerprint density at radius 2 is 2.06 bits per heavy atom. The van der Waals surface area contributed by atoms with E-state index >= 15 is 0 Å². The lowest BCUT2D eigenvalue weighted by molar-refractivity contribution is 0.0515. The quantitative estimate of drug-likeness (QED) is 0.288. The number of amides is 1. The monoisotopic (exact) mass is 493 g/mol. The van der Waals surface area contributed by atoms with Gasteiger partial charge in [0.1, 0.15) is 11.5 Å². The molecule has 36 heavy (non-hydrogen) atoms. The molecule has 1 aliphatic heterocycles. The van der Waals surface area contributed by atoms with Crippen LogP contribution in [0.4, 0.5) is 10.1 Å². The van der Waals surface area contributed by atoms with Gasteiger partial charge in [-0.1, -0.05) is 0 Å². The van der Waals surface area contributed by atoms with E-state index in [4.69, 9.17) is 15.0 Å². The third-order valence-electron chi connectivity index (χ3n) is 6.07. The Kier molecular flexibility index (Phi) is 8.19. The maximum Gasteiger partial charge on any atom is 0.258 e. The molecular formula is C26H28FN5O4. The van der Waals surface area contributed by atoms with Crippen LogP contribution in [0, 0.1) is 17.3 Å². The summed E-state index contributed by atoms with van der Waals surface area (Å²) in [6.07, 6.45) is 2.33. The molecule has 0 aliphatic carbocycles. The van der Waals surface area contributed by atoms with Crippen molar-refractivity contribution >= 4 is 28.2 Å². The van der Waals surface area contributed by atoms with Crippen molar-refractivity contribution in [2.75, 3.05) is 45.3 Å². The number of carbonyl (C=O) groups excluding carboxylic acids is 1. The molecule has 0 radical (unpaired) electrons. The number of pyridine rings is 1. The highest BCUT2D eigenvalue weighted by molar-refractivity contribution is 5.94. The minimum absolute atomic E-state index is 0.0340. The van der Waals surface area contributed by atoms with Gasteiger partial charge in [0.05, 0.1) is 25.4 Å². The fourth-order valence-corrected chi connectivity index (χ4v) is 4.13. The molecular weight excluding hydrogens is 465 g/mol. The smallest absolute Gasteiger partial charge is 0.258 e. The van der Waals surface area contributed by atoms with Crippen LogP contribution in [0.15, 0.2) is 64.6 Å². The molecule has 1 saturated heterocycles. The third kappa shape index (κ3) is 6.02. The van der Waals surface area contributed by atoms with E-state index in [0.29, 0.717) is 61.0 Å². The molecule has 188 valence electrons. The first-order valence-corrected chi connectivity index (χ1v) is 11.6. The number of hydrogen-bond donors (Lipinski definition) is 3. The highest BCUT2D eigenvalue weighted by Crippen LogP contribution is 2.21. The second-order valence-corrected chi connectivity index (χ2v) is 8.58. The summed E-state index contributed by atoms with van der Waals surface area (Å²) in [6.45, 7) is 3.07. The van der Waals surface area contributed by atoms with E-state index in [-0.39, 0.29) is 17.2 Å². The molecule has 10 heteroatoms. The fraction of sp³-hybridized carbons (Fsp3) is 0.308. The van der Waals surface area contributed by atoms with Gasteiger partial charge in [-0.2, -0.15) is 5.11 Å². The normalized spacial score (nSPS) is 15.9. The molecule has 0 unspecified atom stereocenters. The number of H-pyrrole nitrogens is 1. The maximum absolute atomic E-state index is 13.6. The molecule has 1 aliphatic rings. The summed E-state index contributed by atoms with van der Waals surface area (Å²) in [7, 11) is 1.63. The number of rotatable bonds is 10. The number of nitrogens with zero attached hydrogens (tertiary/aromatic N) is 2. The summed E-state index contributed by atoms with van der Waals surface area (Å²) in [5.41, 5.74) is 9.00. The Bertz CT molecular complexity index is 1320. The number of hydrogen-bond acceptors (Lipinski definition) is 7. The summed E-state index contributed by atoms with van der Waals surface area (Å²) in [6, 6.07) is 12.5. The minimum atomic E-state index is -0.438. The molecule has 0 bridgehead atoms. The number of carbonyl (C=O) groups is 1. The average molecular weight is 494 g/mol. The standard InChI is InChI=1S/C26H28FN5O4/c1-35-10-11-36-16-17-8-9-32(15-17)26(34)18-2-5-21(6-3-18)29-14-24(31-28)22-13-19-12-20(27)4-7-23(19)30-25(22)33/h2-7,12-14,17,28-29H,8-11,15-16H2,1H3,(H,30,33)/b24-14-,31-28?/t17-/m1/s1. The molecule has 0 spiro atoms. The van der Waals surface area contributed by atoms with Crippen molar-refractivity contribution in [2.45, 2.75) is 6.42 Å². The molecule has 1 amide bonds. The lowest BCUT2D eigenvalue weighted by atomic mass is 10.1. The van der Waals surface area contributed by atoms with Crippen LogP contribution in [0.2, 0.25) is 0 Å². The molecule has 2 heterocycles. The molecule has 1 atom stereocenters. The third-order valence-corrected chi connectivity index (χ3v) is 6.07. The average Bonchev–Trinajstić information content (AvgIpc) is 3.36. The van der Waals surface area contributed by atoms with Crippen LogP contribution >= 0.6 is 0 Å². The van der Waals surface area contributed by atoms with E-state index in [1.807, 2.05) is 4.90 Å². The van der Waals surface area contributed by atoms with Gasteiger partial charge in [0.2, 0.25) is 0 Å². The van der Waals surface area contributed by atoms with Crippen molar-refractivity contribution in [3.05, 3.63) is 82.0 Å². The highest BCUT2D eigenvalue weighted by atomic mass is 19.1. The number of methoxy groups -OCH3 is 1. The zero-order valence-corrected chi connectivity index (χ0v) is 19.9. The van der Waals surface area contributed by atoms with Gasteiger partial charge in [0, 0.05) is 54.5 Å². The Hall–Kier alpha value is -3.89. The van der Waals surface area contributed by atoms with E-state index in [9.17, 15) is 14.0 Å². The number of aromatic nitrogens is 1. The summed E-state index contributed by atoms with van der Waals surface area (Å²) < 4.78 is 24.2. The number of halogens is 1. The summed E-state index contributed by atoms with van der Waals surface area (Å²) in [4.78, 5) is 29.9. The number of benzene rings is 2. The van der Waals surface area contributed by atoms with Gasteiger partial charge >= 0.3 is 0 Å². The molecule has 3 aromatic rings. The number of ether oxygens (including phenoxy) is 2. The number of aromatic amines is 1. The predicted molar refractivity (Wildman–Crippen MR) is 134 cm³/mol. The number of likely N-dealkylation sites (tertiary alicyclic amines) is 1. The fourth-order valence-electron chi connectivity index (χ4n) is 4.13. The maximum atomic E-state index is 13.6. The van der Waals surface area contributed by atoms with Crippen LogP contribution in [0.25, 0.3) is 16.6 Å². The van der Waals surface area contributed by atoms with Crippen LogP contribution in [-0.4, -0.2) is 55.8 Å². The van der Waals surface area contributed by atoms with E-state index in [2.05, 4.69) is 15.4 Å². The first-order valence-electron chi connectivity index (χ1n) is 11.6. The number of fused-ring (bicyclic) bond motifs is 1. The molecule has 1 aromatic heterocycles. The van der Waals surface area contributed by atoms with Gasteiger partial charge < -0.3 is 24.7 Å². The van der Waals surface area contributed by atoms with Gasteiger partial charge in [0.25, 0.3) is 11.5 Å². The summed E-state index contributed by atoms with van der Waals surface area (Å²) in [5.74, 6) is -0.145. The largest absolute Gasteiger partial charge is 0.382 e. The Morgan fingerprint density at radius 1 is 1.25 bits per heavy atom. The molecule has 2 aromatic carbocycles. The van der Waals surface area contributed by atoms with Crippen molar-refractivity contribution in [3.8, 4) is 0 Å². The highest BCUT2D eigenvalue weighted by Gasteiger charge is 2.27. The van der Waals surface area contributed by atoms with Gasteiger partial charge in [-0.05, 0) is 55.0 Å². The van der Waals surface area contributed by atoms with E-state index < -0.39 is 11.4 Å². The zero-order chi connectivity index (χ0) is 25.5. The van der Waals surface area contributed by atoms with Crippen LogP contribution in [0.3, 0.4) is 0 Å². The molecule has 4 rings (SSSR count). The van der Waals surface area contributed by atoms with E-state index in [1.54, 1.807) is 31.4 Å². The van der Waals surface area contributed by atoms with Crippen LogP contribution in [-0.2, 0) is 9.47 Å². The van der Waals surface area contributed by atoms with Crippen LogP contribution in [0.5, 0.6) is 0 Å². The van der Waals surface area contributed by atoms with Crippen LogP contribution < -0.4 is 10.9 Å². The van der Waals surface area contributed by atoms with Gasteiger partial charge in [-0.15, -0.1) is 0 Å². The zero-order valence-electron chi connectivity index (χ0n) is 19.9. The summed E-state index contributed by atoms with van der Waals surface area (Å²) >= 11 is 0. The van der Waals surface area contributed by atoms with Gasteiger partial charge in [-0.3, -0.25) is 9.59 Å². The predicted octanol–water partition coefficient (Wildman–Crippen LogP) is 4.23. The minimum Gasteiger partial charge on any atom is -0.382 e. The first kappa shape index (κ1) is 25.2. The Labute approximate surface area is 207 Å². The van der Waals surface area contributed by atoms with Crippen molar-refractivity contribution in [1.82, 2.24) is 9.88 Å². The van der Waals surface area contributed by atoms with Gasteiger partial charge in [0.15, 0.2) is 0 Å². The van der Waals surface area contributed by atoms with Gasteiger partial charge in [-0.25, -0.2) is 9.92 Å². The number of anilines is 1. The van der Waals surface area contributed by atoms with Crippen molar-refractivity contribution in [2.24, 2.45) is 11.0 Å². The lowest BCUT2D eigenvalue weighted by Gasteiger charge is -2.17. The van der Waals surface area contributed by atoms with E-state index in [0.717, 1.165) is 6.42 Å². The molecule has 3 N–H and O–H groups in total. The van der Waals surface area contributed by atoms with Crippen molar-refractivity contribution < 1.29 is 18.7 Å². The first-order chi connectivity index (χ1) is 17.5. The second-order valence-electron chi connectivity index (χ2n) is 8.58. The van der Waals surface area contributed by atoms with Crippen molar-refractivity contribution in [1.29, 1.82) is 5.53 Å². The summed E-state index contributed by atoms with van der Waals surface area (Å²) in [5, 5.41) is 6.95.